The number of methoxy groups -OCH3 is 1. The van der Waals surface area contributed by atoms with E-state index in [2.05, 4.69) is 9.73 Å². The molecule has 0 radical (unpaired) electrons. The number of rotatable bonds is 8. The number of allylic oxidation sites excluding steroid dienone is 1. The average molecular weight is 561 g/mol. The number of nitrogens with zero attached hydrogens (tertiary/aromatic N) is 2. The van der Waals surface area contributed by atoms with E-state index >= 15 is 0 Å². The fourth-order valence-corrected chi connectivity index (χ4v) is 5.54. The van der Waals surface area contributed by atoms with Gasteiger partial charge in [0.2, 0.25) is 0 Å². The van der Waals surface area contributed by atoms with Gasteiger partial charge in [-0.25, -0.2) is 9.79 Å². The molecule has 3 aromatic rings. The molecule has 2 heterocycles. The second-order valence-corrected chi connectivity index (χ2v) is 10.5. The van der Waals surface area contributed by atoms with E-state index in [0.29, 0.717) is 26.2 Å². The van der Waals surface area contributed by atoms with Gasteiger partial charge in [0, 0.05) is 4.90 Å². The molecule has 200 valence electrons. The highest BCUT2D eigenvalue weighted by Crippen LogP contribution is 2.32. The van der Waals surface area contributed by atoms with Crippen LogP contribution in [0.25, 0.3) is 6.08 Å². The van der Waals surface area contributed by atoms with Gasteiger partial charge in [-0.3, -0.25) is 9.36 Å². The summed E-state index contributed by atoms with van der Waals surface area (Å²) < 4.78 is 42.4. The van der Waals surface area contributed by atoms with Gasteiger partial charge in [-0.1, -0.05) is 29.5 Å². The maximum absolute atomic E-state index is 13.7. The fraction of sp³-hybridized carbons (Fsp3) is 0.296. The molecule has 1 aromatic heterocycles. The van der Waals surface area contributed by atoms with Crippen molar-refractivity contribution < 1.29 is 27.8 Å². The Balaban J connectivity index is 1.87. The zero-order valence-corrected chi connectivity index (χ0v) is 23.0. The zero-order valence-electron chi connectivity index (χ0n) is 21.4. The van der Waals surface area contributed by atoms with E-state index < -0.39 is 18.6 Å². The maximum Gasteiger partial charge on any atom is 0.387 e. The smallest absolute Gasteiger partial charge is 0.387 e. The third kappa shape index (κ3) is 5.68. The van der Waals surface area contributed by atoms with E-state index in [1.165, 1.54) is 35.1 Å². The van der Waals surface area contributed by atoms with Gasteiger partial charge in [-0.2, -0.15) is 8.78 Å². The van der Waals surface area contributed by atoms with Gasteiger partial charge in [-0.15, -0.1) is 11.8 Å². The van der Waals surface area contributed by atoms with E-state index in [-0.39, 0.29) is 23.2 Å². The first kappa shape index (κ1) is 27.6. The van der Waals surface area contributed by atoms with E-state index in [1.807, 2.05) is 30.5 Å². The van der Waals surface area contributed by atoms with Crippen molar-refractivity contribution in [3.05, 3.63) is 84.5 Å². The molecule has 0 saturated heterocycles. The molecule has 38 heavy (non-hydrogen) atoms. The third-order valence-corrected chi connectivity index (χ3v) is 7.44. The van der Waals surface area contributed by atoms with Gasteiger partial charge in [0.15, 0.2) is 16.3 Å². The minimum Gasteiger partial charge on any atom is -0.493 e. The average Bonchev–Trinajstić information content (AvgIpc) is 3.17. The van der Waals surface area contributed by atoms with Crippen LogP contribution in [-0.2, 0) is 9.53 Å². The van der Waals surface area contributed by atoms with Gasteiger partial charge in [-0.05, 0) is 68.5 Å². The number of thioether (sulfide) groups is 1. The van der Waals surface area contributed by atoms with Gasteiger partial charge < -0.3 is 14.2 Å². The van der Waals surface area contributed by atoms with Gasteiger partial charge in [0.1, 0.15) is 0 Å². The number of alkyl halides is 2. The standard InChI is InChI=1S/C27H26F2N2O5S2/c1-14(2)35-25(33)22-15(3)30-27-31(23(22)17-7-9-18(37-5)10-8-17)24(32)21(38-27)13-16-6-11-19(36-26(28)29)20(12-16)34-4/h6-14,23,26H,1-5H3/b21-13-/t23-/m0/s1. The lowest BCUT2D eigenvalue weighted by Gasteiger charge is -2.25. The Morgan fingerprint density at radius 2 is 1.87 bits per heavy atom. The molecule has 0 spiro atoms. The Kier molecular flexibility index (Phi) is 8.37. The highest BCUT2D eigenvalue weighted by molar-refractivity contribution is 7.98. The fourth-order valence-electron chi connectivity index (χ4n) is 4.08. The molecule has 0 aliphatic carbocycles. The number of esters is 1. The topological polar surface area (TPSA) is 79.1 Å². The Labute approximate surface area is 226 Å². The molecule has 0 unspecified atom stereocenters. The van der Waals surface area contributed by atoms with E-state index in [4.69, 9.17) is 9.47 Å². The van der Waals surface area contributed by atoms with Crippen molar-refractivity contribution in [2.45, 2.75) is 44.4 Å². The molecule has 0 fully saturated rings. The molecule has 1 aliphatic rings. The van der Waals surface area contributed by atoms with E-state index in [9.17, 15) is 18.4 Å². The second kappa shape index (κ2) is 11.5. The Morgan fingerprint density at radius 1 is 1.16 bits per heavy atom. The SMILES string of the molecule is COc1cc(/C=c2\sc3n(c2=O)[C@@H](c2ccc(SC)cc2)C(C(=O)OC(C)C)=C(C)N=3)ccc1OC(F)F. The molecule has 1 aliphatic heterocycles. The molecule has 4 rings (SSSR count). The number of halogens is 2. The number of hydrogen-bond acceptors (Lipinski definition) is 8. The number of carbonyl (C=O) groups is 1. The summed E-state index contributed by atoms with van der Waals surface area (Å²) in [6.45, 7) is 2.25. The lowest BCUT2D eigenvalue weighted by atomic mass is 9.96. The van der Waals surface area contributed by atoms with Crippen LogP contribution in [0.4, 0.5) is 8.78 Å². The quantitative estimate of drug-likeness (QED) is 0.298. The Hall–Kier alpha value is -3.44. The van der Waals surface area contributed by atoms with Crippen LogP contribution in [0.5, 0.6) is 11.5 Å². The number of thiazole rings is 1. The summed E-state index contributed by atoms with van der Waals surface area (Å²) in [5, 5.41) is 0. The van der Waals surface area contributed by atoms with Crippen molar-refractivity contribution in [2.24, 2.45) is 4.99 Å². The van der Waals surface area contributed by atoms with Crippen LogP contribution in [-0.4, -0.2) is 36.6 Å². The number of fused-ring (bicyclic) bond motifs is 1. The zero-order chi connectivity index (χ0) is 27.6. The van der Waals surface area contributed by atoms with Crippen LogP contribution in [0.2, 0.25) is 0 Å². The summed E-state index contributed by atoms with van der Waals surface area (Å²) in [7, 11) is 1.34. The van der Waals surface area contributed by atoms with Crippen LogP contribution < -0.4 is 24.4 Å². The number of carbonyl (C=O) groups excluding carboxylic acids is 1. The number of benzene rings is 2. The monoisotopic (exact) mass is 560 g/mol. The molecular weight excluding hydrogens is 534 g/mol. The van der Waals surface area contributed by atoms with Gasteiger partial charge in [0.05, 0.1) is 35.1 Å². The molecule has 0 bridgehead atoms. The van der Waals surface area contributed by atoms with Crippen LogP contribution in [0.15, 0.2) is 68.4 Å². The number of aromatic nitrogens is 1. The van der Waals surface area contributed by atoms with Crippen LogP contribution in [0.3, 0.4) is 0 Å². The molecule has 2 aromatic carbocycles. The highest BCUT2D eigenvalue weighted by atomic mass is 32.2. The number of ether oxygens (including phenoxy) is 3. The summed E-state index contributed by atoms with van der Waals surface area (Å²) in [4.78, 5) is 33.0. The molecule has 11 heteroatoms. The van der Waals surface area contributed by atoms with Crippen molar-refractivity contribution in [2.75, 3.05) is 13.4 Å². The second-order valence-electron chi connectivity index (χ2n) is 8.60. The molecule has 0 amide bonds. The lowest BCUT2D eigenvalue weighted by Crippen LogP contribution is -2.40. The lowest BCUT2D eigenvalue weighted by molar-refractivity contribution is -0.143. The van der Waals surface area contributed by atoms with Crippen LogP contribution in [0, 0.1) is 0 Å². The Morgan fingerprint density at radius 3 is 2.47 bits per heavy atom. The normalized spacial score (nSPS) is 15.5. The van der Waals surface area contributed by atoms with Crippen LogP contribution >= 0.6 is 23.1 Å². The maximum atomic E-state index is 13.7. The van der Waals surface area contributed by atoms with Crippen LogP contribution in [0.1, 0.15) is 37.9 Å². The van der Waals surface area contributed by atoms with Crippen molar-refractivity contribution in [1.29, 1.82) is 0 Å². The van der Waals surface area contributed by atoms with Gasteiger partial charge >= 0.3 is 12.6 Å². The number of hydrogen-bond donors (Lipinski definition) is 0. The molecular formula is C27H26F2N2O5S2. The van der Waals surface area contributed by atoms with Crippen molar-refractivity contribution in [1.82, 2.24) is 4.57 Å². The summed E-state index contributed by atoms with van der Waals surface area (Å²) in [6, 6.07) is 11.3. The minimum atomic E-state index is -3.00. The largest absolute Gasteiger partial charge is 0.493 e. The summed E-state index contributed by atoms with van der Waals surface area (Å²) in [5.74, 6) is -0.541. The molecule has 0 saturated carbocycles. The first-order chi connectivity index (χ1) is 18.1. The molecule has 0 N–H and O–H groups in total. The van der Waals surface area contributed by atoms with Gasteiger partial charge in [0.25, 0.3) is 5.56 Å². The first-order valence-corrected chi connectivity index (χ1v) is 13.7. The predicted molar refractivity (Wildman–Crippen MR) is 143 cm³/mol. The first-order valence-electron chi connectivity index (χ1n) is 11.6. The van der Waals surface area contributed by atoms with E-state index in [0.717, 1.165) is 10.5 Å². The summed E-state index contributed by atoms with van der Waals surface area (Å²) in [6.07, 6.45) is 3.24. The van der Waals surface area contributed by atoms with Crippen molar-refractivity contribution >= 4 is 35.1 Å². The molecule has 1 atom stereocenters. The highest BCUT2D eigenvalue weighted by Gasteiger charge is 2.33. The molecule has 7 nitrogen and oxygen atoms in total. The third-order valence-electron chi connectivity index (χ3n) is 5.72. The minimum absolute atomic E-state index is 0.105. The Bertz CT molecular complexity index is 1560. The summed E-state index contributed by atoms with van der Waals surface area (Å²) in [5.41, 5.74) is 1.71. The van der Waals surface area contributed by atoms with Crippen molar-refractivity contribution in [3.63, 3.8) is 0 Å². The predicted octanol–water partition coefficient (Wildman–Crippen LogP) is 4.52. The summed E-state index contributed by atoms with van der Waals surface area (Å²) >= 11 is 2.76. The van der Waals surface area contributed by atoms with Crippen molar-refractivity contribution in [3.8, 4) is 11.5 Å². The van der Waals surface area contributed by atoms with E-state index in [1.54, 1.807) is 44.7 Å².